The molecule has 48 valence electrons. The van der Waals surface area contributed by atoms with Gasteiger partial charge in [0.1, 0.15) is 0 Å². The quantitative estimate of drug-likeness (QED) is 0.303. The minimum atomic E-state index is 0.661. The van der Waals surface area contributed by atoms with Crippen molar-refractivity contribution in [3.05, 3.63) is 18.7 Å². The van der Waals surface area contributed by atoms with Crippen LogP contribution in [-0.4, -0.2) is 25.7 Å². The van der Waals surface area contributed by atoms with Gasteiger partial charge < -0.3 is 0 Å². The van der Waals surface area contributed by atoms with Crippen LogP contribution in [0.5, 0.6) is 0 Å². The van der Waals surface area contributed by atoms with Gasteiger partial charge in [0.25, 0.3) is 0 Å². The molecule has 0 aromatic carbocycles. The molecule has 0 aliphatic rings. The van der Waals surface area contributed by atoms with Crippen molar-refractivity contribution >= 4 is 12.6 Å². The fourth-order valence-electron chi connectivity index (χ4n) is 0.291. The molecule has 2 nitrogen and oxygen atoms in total. The topological polar surface area (TPSA) is 24.7 Å². The molecular weight excluding hydrogens is 112 g/mol. The van der Waals surface area contributed by atoms with Crippen LogP contribution in [0, 0.1) is 0 Å². The second-order valence-corrected chi connectivity index (χ2v) is 1.36. The highest BCUT2D eigenvalue weighted by atomic mass is 14.8. The van der Waals surface area contributed by atoms with Crippen LogP contribution in [-0.2, 0) is 0 Å². The minimum Gasteiger partial charge on any atom is -0.299 e. The van der Waals surface area contributed by atoms with Crippen LogP contribution in [0.1, 0.15) is 0 Å². The van der Waals surface area contributed by atoms with Crippen LogP contribution < -0.4 is 0 Å². The molecule has 0 aliphatic heterocycles. The molecule has 0 N–H and O–H groups in total. The van der Waals surface area contributed by atoms with Crippen molar-refractivity contribution in [1.82, 2.24) is 0 Å². The molecule has 0 rings (SSSR count). The molecule has 0 heterocycles. The number of hydrogen-bond donors (Lipinski definition) is 0. The Labute approximate surface area is 55.3 Å². The van der Waals surface area contributed by atoms with Gasteiger partial charge in [0, 0.05) is 0 Å². The summed E-state index contributed by atoms with van der Waals surface area (Å²) in [6, 6.07) is 0. The normalized spacial score (nSPS) is 7.11. The van der Waals surface area contributed by atoms with E-state index in [2.05, 4.69) is 29.2 Å². The van der Waals surface area contributed by atoms with Crippen molar-refractivity contribution in [2.75, 3.05) is 13.1 Å². The van der Waals surface area contributed by atoms with E-state index in [-0.39, 0.29) is 0 Å². The van der Waals surface area contributed by atoms with E-state index in [0.29, 0.717) is 13.1 Å². The van der Waals surface area contributed by atoms with Crippen LogP contribution in [0.25, 0.3) is 0 Å². The van der Waals surface area contributed by atoms with Gasteiger partial charge in [-0.25, -0.2) is 4.99 Å². The molecule has 0 amide bonds. The van der Waals surface area contributed by atoms with Gasteiger partial charge in [0.2, 0.25) is 0 Å². The summed E-state index contributed by atoms with van der Waals surface area (Å²) in [5.74, 6) is 2.66. The van der Waals surface area contributed by atoms with E-state index in [4.69, 9.17) is 0 Å². The van der Waals surface area contributed by atoms with Gasteiger partial charge in [-0.05, 0) is 18.7 Å². The largest absolute Gasteiger partial charge is 0.299 e. The second-order valence-electron chi connectivity index (χ2n) is 1.36. The average Bonchev–Trinajstić information content (AvgIpc) is 1.89. The molecule has 0 saturated carbocycles. The molecule has 0 aliphatic carbocycles. The van der Waals surface area contributed by atoms with E-state index in [1.165, 1.54) is 0 Å². The highest BCUT2D eigenvalue weighted by molar-refractivity contribution is 5.54. The number of nitrogens with zero attached hydrogens (tertiary/aromatic N) is 2. The lowest BCUT2D eigenvalue weighted by molar-refractivity contribution is 0.990. The van der Waals surface area contributed by atoms with Crippen molar-refractivity contribution in [2.45, 2.75) is 0 Å². The van der Waals surface area contributed by atoms with Crippen LogP contribution >= 0.6 is 0 Å². The van der Waals surface area contributed by atoms with Gasteiger partial charge in [-0.1, -0.05) is 12.7 Å². The third kappa shape index (κ3) is 6.86. The molecule has 2 heteroatoms. The van der Waals surface area contributed by atoms with Crippen LogP contribution in [0.2, 0.25) is 0 Å². The van der Waals surface area contributed by atoms with E-state index >= 15 is 0 Å². The van der Waals surface area contributed by atoms with Crippen molar-refractivity contribution in [1.29, 1.82) is 0 Å². The lowest BCUT2D eigenvalue weighted by atomic mass is 10.6. The van der Waals surface area contributed by atoms with E-state index in [9.17, 15) is 0 Å². The molecule has 0 fully saturated rings. The molecule has 0 saturated heterocycles. The highest BCUT2D eigenvalue weighted by Crippen LogP contribution is 1.68. The Morgan fingerprint density at radius 3 is 2.78 bits per heavy atom. The van der Waals surface area contributed by atoms with Gasteiger partial charge in [-0.2, -0.15) is 0 Å². The Kier molecular flexibility index (Phi) is 5.99. The van der Waals surface area contributed by atoms with Gasteiger partial charge in [-0.3, -0.25) is 4.99 Å². The maximum absolute atomic E-state index is 3.84. The molecule has 0 spiro atoms. The van der Waals surface area contributed by atoms with E-state index in [1.54, 1.807) is 12.2 Å². The Hall–Kier alpha value is -1.14. The minimum absolute atomic E-state index is 0.661. The molecule has 0 atom stereocenters. The van der Waals surface area contributed by atoms with Gasteiger partial charge >= 0.3 is 0 Å². The third-order valence-electron chi connectivity index (χ3n) is 0.654. The maximum atomic E-state index is 3.84. The average molecular weight is 122 g/mol. The first-order chi connectivity index (χ1) is 4.41. The Morgan fingerprint density at radius 2 is 2.22 bits per heavy atom. The monoisotopic (exact) mass is 122 g/mol. The highest BCUT2D eigenvalue weighted by Gasteiger charge is 1.69. The summed E-state index contributed by atoms with van der Waals surface area (Å²) < 4.78 is 0. The standard InChI is InChI=1S/C7H10N2/c1-3-4-5-9-7-6-8-2/h3-4H,1-2,6-7H2. The summed E-state index contributed by atoms with van der Waals surface area (Å²) >= 11 is 0. The van der Waals surface area contributed by atoms with E-state index in [1.807, 2.05) is 0 Å². The zero-order chi connectivity index (χ0) is 6.95. The first-order valence-corrected chi connectivity index (χ1v) is 2.70. The fourth-order valence-corrected chi connectivity index (χ4v) is 0.291. The summed E-state index contributed by atoms with van der Waals surface area (Å²) in [5, 5.41) is 0. The van der Waals surface area contributed by atoms with Crippen molar-refractivity contribution in [3.63, 3.8) is 0 Å². The SMILES string of the molecule is C=CC=C=NCCN=C. The third-order valence-corrected chi connectivity index (χ3v) is 0.654. The molecular formula is C7H10N2. The van der Waals surface area contributed by atoms with Gasteiger partial charge in [0.15, 0.2) is 0 Å². The zero-order valence-corrected chi connectivity index (χ0v) is 5.38. The van der Waals surface area contributed by atoms with Crippen LogP contribution in [0.15, 0.2) is 28.7 Å². The maximum Gasteiger partial charge on any atom is 0.0679 e. The Morgan fingerprint density at radius 1 is 1.44 bits per heavy atom. The molecule has 0 aromatic rings. The first kappa shape index (κ1) is 7.86. The predicted octanol–water partition coefficient (Wildman–Crippen LogP) is 1.10. The summed E-state index contributed by atoms with van der Waals surface area (Å²) in [5.41, 5.74) is 0. The van der Waals surface area contributed by atoms with E-state index < -0.39 is 0 Å². The number of aliphatic imine (C=N–C) groups is 2. The van der Waals surface area contributed by atoms with Crippen molar-refractivity contribution in [2.24, 2.45) is 9.98 Å². The summed E-state index contributed by atoms with van der Waals surface area (Å²) in [6.45, 7) is 8.10. The fraction of sp³-hybridized carbons (Fsp3) is 0.286. The lowest BCUT2D eigenvalue weighted by Crippen LogP contribution is -1.82. The molecule has 9 heavy (non-hydrogen) atoms. The summed E-state index contributed by atoms with van der Waals surface area (Å²) in [7, 11) is 0. The number of hydrogen-bond acceptors (Lipinski definition) is 2. The molecule has 0 bridgehead atoms. The smallest absolute Gasteiger partial charge is 0.0679 e. The van der Waals surface area contributed by atoms with E-state index in [0.717, 1.165) is 0 Å². The predicted molar refractivity (Wildman–Crippen MR) is 41.5 cm³/mol. The summed E-state index contributed by atoms with van der Waals surface area (Å²) in [6.07, 6.45) is 3.29. The summed E-state index contributed by atoms with van der Waals surface area (Å²) in [4.78, 5) is 7.45. The van der Waals surface area contributed by atoms with Gasteiger partial charge in [-0.15, -0.1) is 0 Å². The Bertz CT molecular complexity index is 141. The molecule has 0 aromatic heterocycles. The number of rotatable bonds is 4. The van der Waals surface area contributed by atoms with Crippen molar-refractivity contribution in [3.8, 4) is 0 Å². The van der Waals surface area contributed by atoms with Crippen molar-refractivity contribution < 1.29 is 0 Å². The zero-order valence-electron chi connectivity index (χ0n) is 5.38. The Balaban J connectivity index is 3.34. The molecule has 0 radical (unpaired) electrons. The second kappa shape index (κ2) is 6.86. The first-order valence-electron chi connectivity index (χ1n) is 2.70. The number of allylic oxidation sites excluding steroid dienone is 2. The lowest BCUT2D eigenvalue weighted by Gasteiger charge is -1.78. The van der Waals surface area contributed by atoms with Crippen LogP contribution in [0.4, 0.5) is 0 Å². The van der Waals surface area contributed by atoms with Gasteiger partial charge in [0.05, 0.1) is 13.1 Å². The van der Waals surface area contributed by atoms with Crippen LogP contribution in [0.3, 0.4) is 0 Å². The molecule has 0 unspecified atom stereocenters.